The van der Waals surface area contributed by atoms with Crippen LogP contribution in [0, 0.1) is 0 Å². The molecule has 1 fully saturated rings. The van der Waals surface area contributed by atoms with E-state index in [0.29, 0.717) is 20.6 Å². The highest BCUT2D eigenvalue weighted by Gasteiger charge is 2.25. The average Bonchev–Trinajstić information content (AvgIpc) is 2.51. The molecule has 0 saturated carbocycles. The maximum atomic E-state index is 6.29. The molecule has 1 saturated heterocycles. The van der Waals surface area contributed by atoms with Crippen molar-refractivity contribution in [2.45, 2.75) is 25.0 Å². The van der Waals surface area contributed by atoms with Crippen LogP contribution in [0.3, 0.4) is 0 Å². The molecule has 1 aliphatic rings. The molecule has 3 nitrogen and oxygen atoms in total. The summed E-state index contributed by atoms with van der Waals surface area (Å²) in [6, 6.07) is 1.76. The number of rotatable bonds is 2. The van der Waals surface area contributed by atoms with Crippen molar-refractivity contribution in [3.63, 3.8) is 0 Å². The number of hydrogen-bond acceptors (Lipinski definition) is 4. The maximum absolute atomic E-state index is 6.29. The predicted molar refractivity (Wildman–Crippen MR) is 87.2 cm³/mol. The molecule has 0 spiro atoms. The molecule has 1 aromatic rings. The molecular weight excluding hydrogens is 301 g/mol. The van der Waals surface area contributed by atoms with Gasteiger partial charge in [0.05, 0.1) is 10.0 Å². The van der Waals surface area contributed by atoms with Crippen LogP contribution < -0.4 is 10.2 Å². The fourth-order valence-electron chi connectivity index (χ4n) is 2.09. The molecule has 106 valence electrons. The van der Waals surface area contributed by atoms with Gasteiger partial charge in [0.15, 0.2) is 0 Å². The Morgan fingerprint density at radius 3 is 2.74 bits per heavy atom. The van der Waals surface area contributed by atoms with E-state index in [4.69, 9.17) is 23.2 Å². The minimum atomic E-state index is 0.319. The molecule has 1 aliphatic heterocycles. The Hall–Kier alpha value is -0.320. The lowest BCUT2D eigenvalue weighted by Crippen LogP contribution is -2.28. The molecule has 0 aromatic carbocycles. The Bertz CT molecular complexity index is 465. The Labute approximate surface area is 129 Å². The third kappa shape index (κ3) is 3.61. The van der Waals surface area contributed by atoms with Gasteiger partial charge in [-0.15, -0.1) is 0 Å². The topological polar surface area (TPSA) is 28.2 Å². The first-order valence-corrected chi connectivity index (χ1v) is 8.10. The van der Waals surface area contributed by atoms with Crippen LogP contribution in [0.5, 0.6) is 0 Å². The molecule has 2 heterocycles. The highest BCUT2D eigenvalue weighted by atomic mass is 35.5. The summed E-state index contributed by atoms with van der Waals surface area (Å²) in [6.45, 7) is 6.51. The molecule has 1 aromatic heterocycles. The molecule has 0 bridgehead atoms. The number of hydrogen-bond donors (Lipinski definition) is 1. The van der Waals surface area contributed by atoms with Gasteiger partial charge in [-0.3, -0.25) is 0 Å². The maximum Gasteiger partial charge on any atom is 0.149 e. The highest BCUT2D eigenvalue weighted by Crippen LogP contribution is 2.35. The predicted octanol–water partition coefficient (Wildman–Crippen LogP) is 4.15. The summed E-state index contributed by atoms with van der Waals surface area (Å²) in [5, 5.41) is 4.18. The van der Waals surface area contributed by atoms with Gasteiger partial charge in [-0.2, -0.15) is 11.8 Å². The molecule has 0 aliphatic carbocycles. The van der Waals surface area contributed by atoms with Gasteiger partial charge in [0.25, 0.3) is 0 Å². The lowest BCUT2D eigenvalue weighted by molar-refractivity contribution is 0.635. The van der Waals surface area contributed by atoms with Crippen molar-refractivity contribution in [1.82, 2.24) is 4.98 Å². The van der Waals surface area contributed by atoms with Crippen LogP contribution in [0.1, 0.15) is 20.3 Å². The van der Waals surface area contributed by atoms with Gasteiger partial charge < -0.3 is 10.2 Å². The third-order valence-corrected chi connectivity index (χ3v) is 5.22. The molecule has 6 heteroatoms. The largest absolute Gasteiger partial charge is 0.372 e. The zero-order valence-corrected chi connectivity index (χ0v) is 13.8. The van der Waals surface area contributed by atoms with Crippen molar-refractivity contribution in [3.05, 3.63) is 16.1 Å². The summed E-state index contributed by atoms with van der Waals surface area (Å²) in [5.74, 6) is 2.59. The summed E-state index contributed by atoms with van der Waals surface area (Å²) in [7, 11) is 1.81. The second-order valence-corrected chi connectivity index (χ2v) is 7.84. The van der Waals surface area contributed by atoms with Crippen LogP contribution in [0.2, 0.25) is 10.0 Å². The number of thioether (sulfide) groups is 1. The number of nitrogens with zero attached hydrogens (tertiary/aromatic N) is 2. The molecular formula is C13H19Cl2N3S. The molecule has 0 amide bonds. The van der Waals surface area contributed by atoms with Gasteiger partial charge >= 0.3 is 0 Å². The summed E-state index contributed by atoms with van der Waals surface area (Å²) < 4.78 is 0.319. The zero-order chi connectivity index (χ0) is 14.0. The first kappa shape index (κ1) is 15.1. The summed E-state index contributed by atoms with van der Waals surface area (Å²) in [5.41, 5.74) is 0. The van der Waals surface area contributed by atoms with E-state index in [1.165, 1.54) is 0 Å². The number of anilines is 2. The minimum Gasteiger partial charge on any atom is -0.372 e. The van der Waals surface area contributed by atoms with E-state index in [9.17, 15) is 0 Å². The van der Waals surface area contributed by atoms with E-state index in [1.54, 1.807) is 6.07 Å². The van der Waals surface area contributed by atoms with E-state index < -0.39 is 0 Å². The second-order valence-electron chi connectivity index (χ2n) is 5.22. The summed E-state index contributed by atoms with van der Waals surface area (Å²) in [4.78, 5) is 6.80. The number of pyridine rings is 1. The van der Waals surface area contributed by atoms with Gasteiger partial charge in [-0.05, 0) is 12.5 Å². The van der Waals surface area contributed by atoms with E-state index in [0.717, 1.165) is 31.1 Å². The molecule has 0 radical (unpaired) electrons. The molecule has 1 N–H and O–H groups in total. The normalized spacial score (nSPS) is 19.1. The van der Waals surface area contributed by atoms with Gasteiger partial charge in [-0.25, -0.2) is 4.98 Å². The summed E-state index contributed by atoms with van der Waals surface area (Å²) >= 11 is 14.4. The Morgan fingerprint density at radius 2 is 2.05 bits per heavy atom. The first-order chi connectivity index (χ1) is 8.93. The third-order valence-electron chi connectivity index (χ3n) is 3.29. The monoisotopic (exact) mass is 319 g/mol. The van der Waals surface area contributed by atoms with Crippen molar-refractivity contribution in [2.24, 2.45) is 0 Å². The highest BCUT2D eigenvalue weighted by molar-refractivity contribution is 8.00. The van der Waals surface area contributed by atoms with E-state index in [2.05, 4.69) is 29.0 Å². The molecule has 0 unspecified atom stereocenters. The second kappa shape index (κ2) is 5.98. The van der Waals surface area contributed by atoms with Crippen molar-refractivity contribution in [2.75, 3.05) is 36.1 Å². The quantitative estimate of drug-likeness (QED) is 0.886. The average molecular weight is 320 g/mol. The van der Waals surface area contributed by atoms with Gasteiger partial charge in [0.2, 0.25) is 0 Å². The Balaban J connectivity index is 2.26. The smallest absolute Gasteiger partial charge is 0.149 e. The van der Waals surface area contributed by atoms with Crippen LogP contribution in [0.25, 0.3) is 0 Å². The van der Waals surface area contributed by atoms with Gasteiger partial charge in [-0.1, -0.05) is 37.0 Å². The number of halogens is 2. The Kier molecular flexibility index (Phi) is 4.75. The van der Waals surface area contributed by atoms with Crippen LogP contribution >= 0.6 is 35.0 Å². The van der Waals surface area contributed by atoms with Crippen molar-refractivity contribution in [3.8, 4) is 0 Å². The SMILES string of the molecule is CNc1nc(N2CCSC(C)(C)CC2)c(Cl)cc1Cl. The molecule has 19 heavy (non-hydrogen) atoms. The van der Waals surface area contributed by atoms with Crippen molar-refractivity contribution < 1.29 is 0 Å². The molecule has 0 atom stereocenters. The lowest BCUT2D eigenvalue weighted by atomic mass is 10.1. The summed E-state index contributed by atoms with van der Waals surface area (Å²) in [6.07, 6.45) is 1.12. The van der Waals surface area contributed by atoms with Crippen LogP contribution in [0.15, 0.2) is 6.07 Å². The number of nitrogens with one attached hydrogen (secondary N) is 1. The van der Waals surface area contributed by atoms with Crippen LogP contribution in [-0.2, 0) is 0 Å². The van der Waals surface area contributed by atoms with Crippen LogP contribution in [0.4, 0.5) is 11.6 Å². The van der Waals surface area contributed by atoms with E-state index in [1.807, 2.05) is 18.8 Å². The fourth-order valence-corrected chi connectivity index (χ4v) is 3.76. The van der Waals surface area contributed by atoms with E-state index in [-0.39, 0.29) is 0 Å². The fraction of sp³-hybridized carbons (Fsp3) is 0.615. The Morgan fingerprint density at radius 1 is 1.32 bits per heavy atom. The van der Waals surface area contributed by atoms with Gasteiger partial charge in [0.1, 0.15) is 11.6 Å². The first-order valence-electron chi connectivity index (χ1n) is 6.35. The number of aromatic nitrogens is 1. The van der Waals surface area contributed by atoms with E-state index >= 15 is 0 Å². The van der Waals surface area contributed by atoms with Crippen molar-refractivity contribution in [1.29, 1.82) is 0 Å². The zero-order valence-electron chi connectivity index (χ0n) is 11.5. The standard InChI is InChI=1S/C13H19Cl2N3S/c1-13(2)4-5-18(6-7-19-13)12-10(15)8-9(14)11(16-3)17-12/h8H,4-7H2,1-3H3,(H,16,17). The van der Waals surface area contributed by atoms with Crippen LogP contribution in [-0.4, -0.2) is 35.6 Å². The molecule has 2 rings (SSSR count). The van der Waals surface area contributed by atoms with Gasteiger partial charge in [0, 0.05) is 30.6 Å². The minimum absolute atomic E-state index is 0.319. The van der Waals surface area contributed by atoms with Crippen molar-refractivity contribution >= 4 is 46.6 Å². The lowest BCUT2D eigenvalue weighted by Gasteiger charge is -2.24.